The van der Waals surface area contributed by atoms with Gasteiger partial charge in [-0.15, -0.1) is 0 Å². The Kier molecular flexibility index (Phi) is 7.37. The lowest BCUT2D eigenvalue weighted by molar-refractivity contribution is -0.122. The van der Waals surface area contributed by atoms with Crippen molar-refractivity contribution in [3.05, 3.63) is 59.2 Å². The first-order chi connectivity index (χ1) is 14.9. The summed E-state index contributed by atoms with van der Waals surface area (Å²) in [4.78, 5) is 26.0. The van der Waals surface area contributed by atoms with E-state index in [0.29, 0.717) is 17.0 Å². The number of hydrogen-bond donors (Lipinski definition) is 1. The van der Waals surface area contributed by atoms with Crippen molar-refractivity contribution in [2.45, 2.75) is 70.8 Å². The molecule has 2 aromatic rings. The second-order valence-corrected chi connectivity index (χ2v) is 8.51. The number of hydrogen-bond acceptors (Lipinski definition) is 4. The van der Waals surface area contributed by atoms with Crippen molar-refractivity contribution in [3.8, 4) is 5.75 Å². The van der Waals surface area contributed by atoms with Gasteiger partial charge in [-0.2, -0.15) is 0 Å². The number of amides is 1. The van der Waals surface area contributed by atoms with E-state index in [1.807, 2.05) is 19.9 Å². The lowest BCUT2D eigenvalue weighted by Gasteiger charge is -2.36. The number of esters is 1. The first-order valence-corrected chi connectivity index (χ1v) is 11.2. The first-order valence-electron chi connectivity index (χ1n) is 11.2. The molecular weight excluding hydrogens is 390 g/mol. The Morgan fingerprint density at radius 1 is 1.10 bits per heavy atom. The van der Waals surface area contributed by atoms with Gasteiger partial charge in [-0.1, -0.05) is 56.0 Å². The van der Waals surface area contributed by atoms with Crippen LogP contribution in [-0.2, 0) is 14.9 Å². The van der Waals surface area contributed by atoms with E-state index in [2.05, 4.69) is 30.4 Å². The predicted octanol–water partition coefficient (Wildman–Crippen LogP) is 5.80. The molecule has 1 fully saturated rings. The number of benzene rings is 2. The van der Waals surface area contributed by atoms with Gasteiger partial charge in [0.1, 0.15) is 11.3 Å². The maximum Gasteiger partial charge on any atom is 0.341 e. The van der Waals surface area contributed by atoms with Crippen molar-refractivity contribution in [1.82, 2.24) is 0 Å². The van der Waals surface area contributed by atoms with E-state index in [-0.39, 0.29) is 12.0 Å². The molecule has 1 aliphatic rings. The van der Waals surface area contributed by atoms with E-state index in [1.54, 1.807) is 18.2 Å². The minimum Gasteiger partial charge on any atom is -0.490 e. The maximum atomic E-state index is 13.6. The first kappa shape index (κ1) is 22.9. The summed E-state index contributed by atoms with van der Waals surface area (Å²) >= 11 is 0. The molecule has 0 bridgehead atoms. The zero-order valence-electron chi connectivity index (χ0n) is 19.0. The molecular formula is C26H33NO4. The summed E-state index contributed by atoms with van der Waals surface area (Å²) in [5.74, 6) is -0.0464. The quantitative estimate of drug-likeness (QED) is 0.572. The van der Waals surface area contributed by atoms with Crippen molar-refractivity contribution >= 4 is 17.6 Å². The molecule has 1 amide bonds. The summed E-state index contributed by atoms with van der Waals surface area (Å²) in [7, 11) is 1.34. The molecule has 31 heavy (non-hydrogen) atoms. The molecule has 3 rings (SSSR count). The molecule has 1 N–H and O–H groups in total. The van der Waals surface area contributed by atoms with Gasteiger partial charge in [-0.05, 0) is 56.9 Å². The Labute approximate surface area is 185 Å². The van der Waals surface area contributed by atoms with Crippen LogP contribution in [0.15, 0.2) is 42.5 Å². The van der Waals surface area contributed by atoms with Crippen molar-refractivity contribution in [3.63, 3.8) is 0 Å². The highest BCUT2D eigenvalue weighted by Gasteiger charge is 2.41. The number of methoxy groups -OCH3 is 1. The molecule has 5 nitrogen and oxygen atoms in total. The number of carbonyl (C=O) groups excluding carboxylic acids is 2. The molecule has 5 heteroatoms. The maximum absolute atomic E-state index is 13.6. The fourth-order valence-corrected chi connectivity index (χ4v) is 4.28. The van der Waals surface area contributed by atoms with Crippen LogP contribution in [-0.4, -0.2) is 25.1 Å². The smallest absolute Gasteiger partial charge is 0.341 e. The van der Waals surface area contributed by atoms with Gasteiger partial charge in [0.05, 0.1) is 18.6 Å². The van der Waals surface area contributed by atoms with E-state index in [0.717, 1.165) is 49.7 Å². The predicted molar refractivity (Wildman–Crippen MR) is 123 cm³/mol. The Balaban J connectivity index is 1.92. The van der Waals surface area contributed by atoms with Crippen LogP contribution < -0.4 is 10.1 Å². The molecule has 1 saturated carbocycles. The topological polar surface area (TPSA) is 64.6 Å². The second-order valence-electron chi connectivity index (χ2n) is 8.51. The van der Waals surface area contributed by atoms with Crippen LogP contribution >= 0.6 is 0 Å². The Hall–Kier alpha value is -2.82. The number of nitrogens with one attached hydrogen (secondary N) is 1. The second kappa shape index (κ2) is 9.99. The molecule has 1 atom stereocenters. The van der Waals surface area contributed by atoms with Crippen LogP contribution in [0.3, 0.4) is 0 Å². The van der Waals surface area contributed by atoms with Gasteiger partial charge in [0.15, 0.2) is 0 Å². The highest BCUT2D eigenvalue weighted by Crippen LogP contribution is 2.41. The fourth-order valence-electron chi connectivity index (χ4n) is 4.28. The third kappa shape index (κ3) is 5.09. The summed E-state index contributed by atoms with van der Waals surface area (Å²) in [5, 5.41) is 3.08. The summed E-state index contributed by atoms with van der Waals surface area (Å²) in [6, 6.07) is 13.4. The van der Waals surface area contributed by atoms with Crippen LogP contribution in [0.5, 0.6) is 5.75 Å². The molecule has 1 aliphatic carbocycles. The Morgan fingerprint density at radius 2 is 1.84 bits per heavy atom. The normalized spacial score (nSPS) is 16.3. The van der Waals surface area contributed by atoms with Crippen LogP contribution in [0.4, 0.5) is 5.69 Å². The van der Waals surface area contributed by atoms with Gasteiger partial charge in [0.25, 0.3) is 0 Å². The largest absolute Gasteiger partial charge is 0.490 e. The zero-order chi connectivity index (χ0) is 22.4. The highest BCUT2D eigenvalue weighted by atomic mass is 16.5. The molecule has 1 unspecified atom stereocenters. The van der Waals surface area contributed by atoms with E-state index >= 15 is 0 Å². The monoisotopic (exact) mass is 423 g/mol. The summed E-state index contributed by atoms with van der Waals surface area (Å²) in [5.41, 5.74) is 2.54. The SMILES string of the molecule is CCC(C)Oc1ccc(NC(=O)C2(c3cccc(C)c3)CCCCC2)cc1C(=O)OC. The summed E-state index contributed by atoms with van der Waals surface area (Å²) < 4.78 is 10.8. The molecule has 0 heterocycles. The van der Waals surface area contributed by atoms with Crippen molar-refractivity contribution < 1.29 is 19.1 Å². The lowest BCUT2D eigenvalue weighted by atomic mass is 9.68. The Morgan fingerprint density at radius 3 is 2.48 bits per heavy atom. The number of anilines is 1. The molecule has 0 aromatic heterocycles. The van der Waals surface area contributed by atoms with E-state index in [9.17, 15) is 9.59 Å². The molecule has 0 radical (unpaired) electrons. The van der Waals surface area contributed by atoms with Gasteiger partial charge < -0.3 is 14.8 Å². The zero-order valence-corrected chi connectivity index (χ0v) is 19.0. The number of rotatable bonds is 7. The summed E-state index contributed by atoms with van der Waals surface area (Å²) in [6.07, 6.45) is 5.62. The van der Waals surface area contributed by atoms with Crippen LogP contribution in [0.2, 0.25) is 0 Å². The minimum absolute atomic E-state index is 0.0239. The number of aryl methyl sites for hydroxylation is 1. The van der Waals surface area contributed by atoms with Gasteiger partial charge in [-0.25, -0.2) is 4.79 Å². The molecule has 2 aromatic carbocycles. The highest BCUT2D eigenvalue weighted by molar-refractivity contribution is 6.01. The molecule has 0 spiro atoms. The Bertz CT molecular complexity index is 931. The van der Waals surface area contributed by atoms with Gasteiger partial charge in [0, 0.05) is 5.69 Å². The van der Waals surface area contributed by atoms with Gasteiger partial charge in [-0.3, -0.25) is 4.79 Å². The minimum atomic E-state index is -0.554. The molecule has 166 valence electrons. The average Bonchev–Trinajstić information content (AvgIpc) is 2.79. The van der Waals surface area contributed by atoms with Crippen LogP contribution in [0.25, 0.3) is 0 Å². The molecule has 0 saturated heterocycles. The average molecular weight is 424 g/mol. The standard InChI is InChI=1S/C26H33NO4/c1-5-19(3)31-23-13-12-21(17-22(23)24(28)30-4)27-25(29)26(14-7-6-8-15-26)20-11-9-10-18(2)16-20/h9-13,16-17,19H,5-8,14-15H2,1-4H3,(H,27,29). The van der Waals surface area contributed by atoms with Gasteiger partial charge >= 0.3 is 5.97 Å². The third-order valence-corrected chi connectivity index (χ3v) is 6.26. The van der Waals surface area contributed by atoms with Crippen molar-refractivity contribution in [1.29, 1.82) is 0 Å². The molecule has 0 aliphatic heterocycles. The van der Waals surface area contributed by atoms with Crippen LogP contribution in [0.1, 0.15) is 73.9 Å². The van der Waals surface area contributed by atoms with Crippen molar-refractivity contribution in [2.24, 2.45) is 0 Å². The van der Waals surface area contributed by atoms with E-state index in [1.165, 1.54) is 7.11 Å². The van der Waals surface area contributed by atoms with Gasteiger partial charge in [0.2, 0.25) is 5.91 Å². The lowest BCUT2D eigenvalue weighted by Crippen LogP contribution is -2.42. The fraction of sp³-hybridized carbons (Fsp3) is 0.462. The number of ether oxygens (including phenoxy) is 2. The van der Waals surface area contributed by atoms with E-state index in [4.69, 9.17) is 9.47 Å². The summed E-state index contributed by atoms with van der Waals surface area (Å²) in [6.45, 7) is 6.02. The third-order valence-electron chi connectivity index (χ3n) is 6.26. The van der Waals surface area contributed by atoms with Crippen LogP contribution in [0, 0.1) is 6.92 Å². The number of carbonyl (C=O) groups is 2. The van der Waals surface area contributed by atoms with Crippen molar-refractivity contribution in [2.75, 3.05) is 12.4 Å². The van der Waals surface area contributed by atoms with E-state index < -0.39 is 11.4 Å².